The molecule has 9 nitrogen and oxygen atoms in total. The number of hydrogen-bond acceptors (Lipinski definition) is 6. The average Bonchev–Trinajstić information content (AvgIpc) is 2.89. The molecular formula is C32H39N3O6. The van der Waals surface area contributed by atoms with Crippen LogP contribution in [0.15, 0.2) is 72.8 Å². The number of carbonyl (C=O) groups is 3. The lowest BCUT2D eigenvalue weighted by molar-refractivity contribution is -0.141. The number of phenolic OH excluding ortho intramolecular Hbond substituents is 1. The molecule has 3 amide bonds. The number of alkyl carbamates (subject to hydrolysis) is 1. The summed E-state index contributed by atoms with van der Waals surface area (Å²) >= 11 is 0. The van der Waals surface area contributed by atoms with E-state index < -0.39 is 42.2 Å². The molecule has 0 saturated carbocycles. The van der Waals surface area contributed by atoms with Crippen LogP contribution in [-0.2, 0) is 20.7 Å². The van der Waals surface area contributed by atoms with Crippen molar-refractivity contribution in [2.75, 3.05) is 18.5 Å². The fourth-order valence-corrected chi connectivity index (χ4v) is 4.55. The van der Waals surface area contributed by atoms with Crippen LogP contribution in [0.25, 0.3) is 0 Å². The van der Waals surface area contributed by atoms with Gasteiger partial charge in [0.1, 0.15) is 23.4 Å². The highest BCUT2D eigenvalue weighted by molar-refractivity contribution is 6.00. The predicted molar refractivity (Wildman–Crippen MR) is 157 cm³/mol. The molecule has 0 spiro atoms. The lowest BCUT2D eigenvalue weighted by Crippen LogP contribution is -2.53. The monoisotopic (exact) mass is 561 g/mol. The Hall–Kier alpha value is -4.37. The van der Waals surface area contributed by atoms with Crippen molar-refractivity contribution in [2.45, 2.75) is 58.7 Å². The minimum Gasteiger partial charge on any atom is -0.508 e. The number of rotatable bonds is 10. The molecule has 0 aromatic heterocycles. The van der Waals surface area contributed by atoms with Crippen molar-refractivity contribution in [3.05, 3.63) is 95.1 Å². The average molecular weight is 562 g/mol. The molecule has 0 bridgehead atoms. The third kappa shape index (κ3) is 8.81. The lowest BCUT2D eigenvalue weighted by atomic mass is 9.99. The second kappa shape index (κ2) is 13.8. The molecule has 0 aliphatic heterocycles. The first-order valence-corrected chi connectivity index (χ1v) is 13.5. The van der Waals surface area contributed by atoms with Crippen LogP contribution in [0.1, 0.15) is 49.1 Å². The lowest BCUT2D eigenvalue weighted by Gasteiger charge is -2.34. The van der Waals surface area contributed by atoms with Gasteiger partial charge in [0.05, 0.1) is 6.61 Å². The van der Waals surface area contributed by atoms with Crippen LogP contribution in [0.2, 0.25) is 0 Å². The van der Waals surface area contributed by atoms with Crippen LogP contribution in [0.3, 0.4) is 0 Å². The molecule has 0 saturated heterocycles. The molecule has 0 radical (unpaired) electrons. The smallest absolute Gasteiger partial charge is 0.408 e. The number of hydrogen-bond donors (Lipinski definition) is 4. The van der Waals surface area contributed by atoms with Gasteiger partial charge in [-0.1, -0.05) is 60.7 Å². The first kappa shape index (κ1) is 31.2. The summed E-state index contributed by atoms with van der Waals surface area (Å²) in [4.78, 5) is 42.2. The number of anilines is 1. The Balaban J connectivity index is 2.06. The summed E-state index contributed by atoms with van der Waals surface area (Å²) < 4.78 is 5.43. The second-order valence-corrected chi connectivity index (χ2v) is 10.9. The maximum absolute atomic E-state index is 14.2. The zero-order valence-corrected chi connectivity index (χ0v) is 24.2. The standard InChI is InChI=1S/C32H39N3O6/c1-21-11-9-12-22(2)27(21)34-29(38)28(24-15-10-16-25(37)20-24)35(17-18-36)30(39)26(19-23-13-7-6-8-14-23)33-31(40)41-32(3,4)5/h6-16,20,26,28,36-37H,17-19H2,1-5H3,(H,33,40)(H,34,38). The molecule has 2 unspecified atom stereocenters. The molecule has 9 heteroatoms. The number of aliphatic hydroxyl groups is 1. The number of aliphatic hydroxyl groups excluding tert-OH is 1. The number of amides is 3. The van der Waals surface area contributed by atoms with Crippen LogP contribution in [-0.4, -0.2) is 57.8 Å². The number of nitrogens with zero attached hydrogens (tertiary/aromatic N) is 1. The Morgan fingerprint density at radius 1 is 0.927 bits per heavy atom. The van der Waals surface area contributed by atoms with Gasteiger partial charge in [-0.25, -0.2) is 4.79 Å². The minimum absolute atomic E-state index is 0.0866. The molecule has 3 rings (SSSR count). The summed E-state index contributed by atoms with van der Waals surface area (Å²) in [7, 11) is 0. The summed E-state index contributed by atoms with van der Waals surface area (Å²) in [6.45, 7) is 8.23. The number of phenols is 1. The zero-order chi connectivity index (χ0) is 30.2. The molecule has 218 valence electrons. The van der Waals surface area contributed by atoms with Gasteiger partial charge >= 0.3 is 6.09 Å². The van der Waals surface area contributed by atoms with Gasteiger partial charge in [-0.15, -0.1) is 0 Å². The number of aryl methyl sites for hydroxylation is 2. The first-order valence-electron chi connectivity index (χ1n) is 13.5. The van der Waals surface area contributed by atoms with Crippen molar-refractivity contribution in [2.24, 2.45) is 0 Å². The van der Waals surface area contributed by atoms with E-state index in [-0.39, 0.29) is 18.7 Å². The fourth-order valence-electron chi connectivity index (χ4n) is 4.55. The summed E-state index contributed by atoms with van der Waals surface area (Å²) in [5.41, 5.74) is 2.59. The molecule has 0 aliphatic rings. The largest absolute Gasteiger partial charge is 0.508 e. The van der Waals surface area contributed by atoms with E-state index in [4.69, 9.17) is 4.74 Å². The van der Waals surface area contributed by atoms with Crippen LogP contribution < -0.4 is 10.6 Å². The first-order chi connectivity index (χ1) is 19.4. The van der Waals surface area contributed by atoms with Crippen LogP contribution in [0, 0.1) is 13.8 Å². The quantitative estimate of drug-likeness (QED) is 0.285. The van der Waals surface area contributed by atoms with E-state index in [0.717, 1.165) is 16.7 Å². The van der Waals surface area contributed by atoms with Gasteiger partial charge in [-0.2, -0.15) is 0 Å². The molecule has 0 heterocycles. The zero-order valence-electron chi connectivity index (χ0n) is 24.2. The summed E-state index contributed by atoms with van der Waals surface area (Å²) in [6.07, 6.45) is -0.670. The number of benzene rings is 3. The highest BCUT2D eigenvalue weighted by Gasteiger charge is 2.36. The van der Waals surface area contributed by atoms with Crippen molar-refractivity contribution in [1.29, 1.82) is 0 Å². The Labute approximate surface area is 241 Å². The molecule has 4 N–H and O–H groups in total. The normalized spacial score (nSPS) is 12.6. The van der Waals surface area contributed by atoms with E-state index in [2.05, 4.69) is 10.6 Å². The highest BCUT2D eigenvalue weighted by Crippen LogP contribution is 2.29. The number of nitrogens with one attached hydrogen (secondary N) is 2. The Bertz CT molecular complexity index is 1330. The second-order valence-electron chi connectivity index (χ2n) is 10.9. The Morgan fingerprint density at radius 2 is 1.56 bits per heavy atom. The summed E-state index contributed by atoms with van der Waals surface area (Å²) in [6, 6.07) is 18.5. The van der Waals surface area contributed by atoms with Gasteiger partial charge in [-0.3, -0.25) is 9.59 Å². The molecule has 0 aliphatic carbocycles. The third-order valence-corrected chi connectivity index (χ3v) is 6.37. The van der Waals surface area contributed by atoms with Crippen molar-refractivity contribution < 1.29 is 29.3 Å². The molecule has 2 atom stereocenters. The van der Waals surface area contributed by atoms with Crippen molar-refractivity contribution >= 4 is 23.6 Å². The number of ether oxygens (including phenoxy) is 1. The maximum atomic E-state index is 14.2. The number of para-hydroxylation sites is 1. The van der Waals surface area contributed by atoms with Gasteiger partial charge in [0.2, 0.25) is 5.91 Å². The van der Waals surface area contributed by atoms with Crippen LogP contribution in [0.4, 0.5) is 10.5 Å². The van der Waals surface area contributed by atoms with Gasteiger partial charge in [-0.05, 0) is 69.0 Å². The topological polar surface area (TPSA) is 128 Å². The third-order valence-electron chi connectivity index (χ3n) is 6.37. The summed E-state index contributed by atoms with van der Waals surface area (Å²) in [5.74, 6) is -1.22. The van der Waals surface area contributed by atoms with E-state index in [1.54, 1.807) is 32.9 Å². The molecule has 3 aromatic carbocycles. The Morgan fingerprint density at radius 3 is 2.15 bits per heavy atom. The molecule has 41 heavy (non-hydrogen) atoms. The summed E-state index contributed by atoms with van der Waals surface area (Å²) in [5, 5.41) is 25.9. The van der Waals surface area contributed by atoms with E-state index >= 15 is 0 Å². The van der Waals surface area contributed by atoms with E-state index in [1.807, 2.05) is 62.4 Å². The maximum Gasteiger partial charge on any atom is 0.408 e. The minimum atomic E-state index is -1.24. The molecular weight excluding hydrogens is 522 g/mol. The van der Waals surface area contributed by atoms with Crippen molar-refractivity contribution in [3.63, 3.8) is 0 Å². The van der Waals surface area contributed by atoms with Crippen LogP contribution >= 0.6 is 0 Å². The van der Waals surface area contributed by atoms with Gasteiger partial charge in [0.15, 0.2) is 0 Å². The molecule has 3 aromatic rings. The highest BCUT2D eigenvalue weighted by atomic mass is 16.6. The Kier molecular flexibility index (Phi) is 10.5. The number of carbonyl (C=O) groups excluding carboxylic acids is 3. The molecule has 0 fully saturated rings. The van der Waals surface area contributed by atoms with Gasteiger partial charge in [0.25, 0.3) is 5.91 Å². The van der Waals surface area contributed by atoms with E-state index in [1.165, 1.54) is 17.0 Å². The van der Waals surface area contributed by atoms with E-state index in [0.29, 0.717) is 11.3 Å². The number of aromatic hydroxyl groups is 1. The van der Waals surface area contributed by atoms with E-state index in [9.17, 15) is 24.6 Å². The SMILES string of the molecule is Cc1cccc(C)c1NC(=O)C(c1cccc(O)c1)N(CCO)C(=O)C(Cc1ccccc1)NC(=O)OC(C)(C)C. The van der Waals surface area contributed by atoms with Crippen LogP contribution in [0.5, 0.6) is 5.75 Å². The van der Waals surface area contributed by atoms with Crippen molar-refractivity contribution in [3.8, 4) is 5.75 Å². The van der Waals surface area contributed by atoms with Crippen molar-refractivity contribution in [1.82, 2.24) is 10.2 Å². The van der Waals surface area contributed by atoms with Gasteiger partial charge in [0, 0.05) is 18.7 Å². The fraction of sp³-hybridized carbons (Fsp3) is 0.344. The van der Waals surface area contributed by atoms with Gasteiger partial charge < -0.3 is 30.5 Å². The predicted octanol–water partition coefficient (Wildman–Crippen LogP) is 4.65.